The zero-order chi connectivity index (χ0) is 14.5. The molecule has 1 heterocycles. The molecule has 2 N–H and O–H groups in total. The standard InChI is InChI=1S/C14H18BrN5/c1-4-10(3)17-14-19-13(8-16-20-14)18-11-5-6-12(15)9(2)7-11/h5-8,10H,4H2,1-3H3,(H2,17,18,19,20). The van der Waals surface area contributed by atoms with Crippen LogP contribution in [0.15, 0.2) is 28.9 Å². The highest BCUT2D eigenvalue weighted by Gasteiger charge is 2.05. The first-order chi connectivity index (χ1) is 9.58. The molecule has 2 rings (SSSR count). The van der Waals surface area contributed by atoms with Gasteiger partial charge in [0.1, 0.15) is 0 Å². The minimum absolute atomic E-state index is 0.321. The molecule has 0 bridgehead atoms. The van der Waals surface area contributed by atoms with Gasteiger partial charge in [0.2, 0.25) is 5.95 Å². The largest absolute Gasteiger partial charge is 0.350 e. The van der Waals surface area contributed by atoms with Crippen LogP contribution in [0.4, 0.5) is 17.5 Å². The lowest BCUT2D eigenvalue weighted by atomic mass is 10.2. The summed E-state index contributed by atoms with van der Waals surface area (Å²) in [5.41, 5.74) is 2.13. The monoisotopic (exact) mass is 335 g/mol. The summed E-state index contributed by atoms with van der Waals surface area (Å²) >= 11 is 3.49. The average Bonchev–Trinajstić information content (AvgIpc) is 2.43. The molecule has 106 valence electrons. The molecule has 0 saturated heterocycles. The second-order valence-electron chi connectivity index (χ2n) is 4.71. The zero-order valence-electron chi connectivity index (χ0n) is 11.8. The Hall–Kier alpha value is -1.69. The van der Waals surface area contributed by atoms with Gasteiger partial charge >= 0.3 is 0 Å². The average molecular weight is 336 g/mol. The molecule has 2 aromatic rings. The van der Waals surface area contributed by atoms with E-state index in [9.17, 15) is 0 Å². The Labute approximate surface area is 127 Å². The van der Waals surface area contributed by atoms with Gasteiger partial charge < -0.3 is 10.6 Å². The summed E-state index contributed by atoms with van der Waals surface area (Å²) in [7, 11) is 0. The maximum absolute atomic E-state index is 4.40. The van der Waals surface area contributed by atoms with Crippen molar-refractivity contribution in [2.75, 3.05) is 10.6 Å². The summed E-state index contributed by atoms with van der Waals surface area (Å²) in [4.78, 5) is 4.40. The second-order valence-corrected chi connectivity index (χ2v) is 5.56. The third-order valence-electron chi connectivity index (χ3n) is 2.98. The maximum atomic E-state index is 4.40. The number of aromatic nitrogens is 3. The quantitative estimate of drug-likeness (QED) is 0.867. The van der Waals surface area contributed by atoms with Crippen molar-refractivity contribution in [2.45, 2.75) is 33.2 Å². The van der Waals surface area contributed by atoms with Crippen molar-refractivity contribution in [2.24, 2.45) is 0 Å². The number of anilines is 3. The Morgan fingerprint density at radius 1 is 1.35 bits per heavy atom. The van der Waals surface area contributed by atoms with Crippen molar-refractivity contribution >= 4 is 33.4 Å². The van der Waals surface area contributed by atoms with E-state index in [1.807, 2.05) is 25.1 Å². The summed E-state index contributed by atoms with van der Waals surface area (Å²) < 4.78 is 1.09. The van der Waals surface area contributed by atoms with Crippen LogP contribution in [-0.4, -0.2) is 21.2 Å². The summed E-state index contributed by atoms with van der Waals surface area (Å²) in [6, 6.07) is 6.36. The third kappa shape index (κ3) is 3.90. The minimum Gasteiger partial charge on any atom is -0.350 e. The van der Waals surface area contributed by atoms with Gasteiger partial charge in [-0.05, 0) is 44.0 Å². The molecule has 0 aliphatic carbocycles. The fourth-order valence-corrected chi connectivity index (χ4v) is 1.86. The molecule has 0 fully saturated rings. The number of halogens is 1. The van der Waals surface area contributed by atoms with Crippen LogP contribution in [0.5, 0.6) is 0 Å². The van der Waals surface area contributed by atoms with Crippen LogP contribution in [0, 0.1) is 6.92 Å². The molecule has 0 spiro atoms. The van der Waals surface area contributed by atoms with E-state index in [1.165, 1.54) is 0 Å². The lowest BCUT2D eigenvalue weighted by Gasteiger charge is -2.12. The molecule has 0 aliphatic rings. The Bertz CT molecular complexity index is 588. The Morgan fingerprint density at radius 2 is 2.15 bits per heavy atom. The Morgan fingerprint density at radius 3 is 2.85 bits per heavy atom. The molecular weight excluding hydrogens is 318 g/mol. The minimum atomic E-state index is 0.321. The van der Waals surface area contributed by atoms with E-state index in [0.29, 0.717) is 17.8 Å². The van der Waals surface area contributed by atoms with Gasteiger partial charge in [0.15, 0.2) is 5.82 Å². The molecule has 1 aromatic heterocycles. The number of hydrogen-bond donors (Lipinski definition) is 2. The van der Waals surface area contributed by atoms with Crippen molar-refractivity contribution in [3.8, 4) is 0 Å². The number of nitrogens with zero attached hydrogens (tertiary/aromatic N) is 3. The molecule has 0 amide bonds. The van der Waals surface area contributed by atoms with Crippen LogP contribution in [0.1, 0.15) is 25.8 Å². The van der Waals surface area contributed by atoms with Crippen LogP contribution < -0.4 is 10.6 Å². The topological polar surface area (TPSA) is 62.7 Å². The van der Waals surface area contributed by atoms with Crippen LogP contribution in [0.2, 0.25) is 0 Å². The van der Waals surface area contributed by atoms with Crippen molar-refractivity contribution in [1.82, 2.24) is 15.2 Å². The third-order valence-corrected chi connectivity index (χ3v) is 3.87. The van der Waals surface area contributed by atoms with E-state index in [1.54, 1.807) is 6.20 Å². The molecule has 20 heavy (non-hydrogen) atoms. The van der Waals surface area contributed by atoms with Crippen molar-refractivity contribution in [1.29, 1.82) is 0 Å². The predicted octanol–water partition coefficient (Wildman–Crippen LogP) is 3.90. The normalized spacial score (nSPS) is 12.0. The number of aryl methyl sites for hydroxylation is 1. The SMILES string of the molecule is CCC(C)Nc1nncc(Nc2ccc(Br)c(C)c2)n1. The molecule has 5 nitrogen and oxygen atoms in total. The molecule has 1 atom stereocenters. The fourth-order valence-electron chi connectivity index (χ4n) is 1.62. The first-order valence-corrected chi connectivity index (χ1v) is 7.37. The van der Waals surface area contributed by atoms with Crippen LogP contribution in [0.3, 0.4) is 0 Å². The fraction of sp³-hybridized carbons (Fsp3) is 0.357. The lowest BCUT2D eigenvalue weighted by molar-refractivity contribution is 0.746. The zero-order valence-corrected chi connectivity index (χ0v) is 13.4. The summed E-state index contributed by atoms with van der Waals surface area (Å²) in [6.07, 6.45) is 2.62. The summed E-state index contributed by atoms with van der Waals surface area (Å²) in [6.45, 7) is 6.24. The number of benzene rings is 1. The first-order valence-electron chi connectivity index (χ1n) is 6.58. The number of nitrogens with one attached hydrogen (secondary N) is 2. The molecular formula is C14H18BrN5. The van der Waals surface area contributed by atoms with Crippen molar-refractivity contribution in [3.63, 3.8) is 0 Å². The van der Waals surface area contributed by atoms with Crippen LogP contribution in [-0.2, 0) is 0 Å². The maximum Gasteiger partial charge on any atom is 0.244 e. The van der Waals surface area contributed by atoms with Gasteiger partial charge in [-0.3, -0.25) is 0 Å². The molecule has 0 aliphatic heterocycles. The van der Waals surface area contributed by atoms with E-state index in [-0.39, 0.29) is 0 Å². The van der Waals surface area contributed by atoms with E-state index in [0.717, 1.165) is 22.1 Å². The van der Waals surface area contributed by atoms with Crippen LogP contribution in [0.25, 0.3) is 0 Å². The highest BCUT2D eigenvalue weighted by atomic mass is 79.9. The van der Waals surface area contributed by atoms with Gasteiger partial charge in [0.25, 0.3) is 0 Å². The van der Waals surface area contributed by atoms with Gasteiger partial charge in [-0.25, -0.2) is 0 Å². The number of hydrogen-bond acceptors (Lipinski definition) is 5. The van der Waals surface area contributed by atoms with Gasteiger partial charge in [0, 0.05) is 16.2 Å². The van der Waals surface area contributed by atoms with E-state index in [2.05, 4.69) is 55.6 Å². The molecule has 6 heteroatoms. The van der Waals surface area contributed by atoms with Gasteiger partial charge in [-0.15, -0.1) is 5.10 Å². The Kier molecular flexibility index (Phi) is 4.89. The van der Waals surface area contributed by atoms with Crippen molar-refractivity contribution in [3.05, 3.63) is 34.4 Å². The number of rotatable bonds is 5. The molecule has 1 unspecified atom stereocenters. The summed E-state index contributed by atoms with van der Waals surface area (Å²) in [5, 5.41) is 14.4. The smallest absolute Gasteiger partial charge is 0.244 e. The van der Waals surface area contributed by atoms with Crippen molar-refractivity contribution < 1.29 is 0 Å². The molecule has 1 aromatic carbocycles. The van der Waals surface area contributed by atoms with E-state index >= 15 is 0 Å². The van der Waals surface area contributed by atoms with E-state index < -0.39 is 0 Å². The first kappa shape index (κ1) is 14.7. The van der Waals surface area contributed by atoms with Gasteiger partial charge in [-0.2, -0.15) is 10.1 Å². The van der Waals surface area contributed by atoms with Crippen LogP contribution >= 0.6 is 15.9 Å². The highest BCUT2D eigenvalue weighted by Crippen LogP contribution is 2.22. The van der Waals surface area contributed by atoms with E-state index in [4.69, 9.17) is 0 Å². The molecule has 0 radical (unpaired) electrons. The lowest BCUT2D eigenvalue weighted by Crippen LogP contribution is -2.16. The van der Waals surface area contributed by atoms with Gasteiger partial charge in [-0.1, -0.05) is 22.9 Å². The highest BCUT2D eigenvalue weighted by molar-refractivity contribution is 9.10. The predicted molar refractivity (Wildman–Crippen MR) is 85.4 cm³/mol. The Balaban J connectivity index is 2.12. The molecule has 0 saturated carbocycles. The summed E-state index contributed by atoms with van der Waals surface area (Å²) in [5.74, 6) is 1.21. The second kappa shape index (κ2) is 6.65. The van der Waals surface area contributed by atoms with Gasteiger partial charge in [0.05, 0.1) is 6.20 Å².